The molecule has 0 amide bonds. The van der Waals surface area contributed by atoms with Crippen LogP contribution in [0.15, 0.2) is 41.6 Å². The Morgan fingerprint density at radius 1 is 1.22 bits per heavy atom. The van der Waals surface area contributed by atoms with E-state index in [0.717, 1.165) is 6.54 Å². The number of nitrogens with zero attached hydrogens (tertiary/aromatic N) is 6. The van der Waals surface area contributed by atoms with Crippen molar-refractivity contribution in [3.63, 3.8) is 0 Å². The van der Waals surface area contributed by atoms with Crippen molar-refractivity contribution in [3.8, 4) is 0 Å². The van der Waals surface area contributed by atoms with Crippen LogP contribution < -0.4 is 5.73 Å². The molecule has 0 radical (unpaired) electrons. The maximum atomic E-state index is 12.5. The summed E-state index contributed by atoms with van der Waals surface area (Å²) < 4.78 is 37.7. The molecule has 32 heavy (non-hydrogen) atoms. The number of aliphatic imine (C=N–C) groups is 2. The van der Waals surface area contributed by atoms with Gasteiger partial charge in [0.1, 0.15) is 18.3 Å². The van der Waals surface area contributed by atoms with Gasteiger partial charge in [0, 0.05) is 31.9 Å². The van der Waals surface area contributed by atoms with Crippen LogP contribution in [0.2, 0.25) is 0 Å². The van der Waals surface area contributed by atoms with Gasteiger partial charge in [-0.15, -0.1) is 6.58 Å². The largest absolute Gasteiger partial charge is 0.403 e. The molecule has 0 aromatic carbocycles. The van der Waals surface area contributed by atoms with E-state index in [9.17, 15) is 13.2 Å². The van der Waals surface area contributed by atoms with Gasteiger partial charge >= 0.3 is 0 Å². The summed E-state index contributed by atoms with van der Waals surface area (Å²) in [5.74, 6) is 0.777. The minimum Gasteiger partial charge on any atom is -0.403 e. The maximum absolute atomic E-state index is 12.5. The van der Waals surface area contributed by atoms with Gasteiger partial charge in [0.15, 0.2) is 5.82 Å². The summed E-state index contributed by atoms with van der Waals surface area (Å²) in [5.41, 5.74) is 5.66. The Morgan fingerprint density at radius 2 is 1.78 bits per heavy atom. The molecule has 7 nitrogen and oxygen atoms in total. The highest BCUT2D eigenvalue weighted by atomic mass is 19.3. The molecule has 1 aromatic rings. The van der Waals surface area contributed by atoms with Gasteiger partial charge in [0.25, 0.3) is 0 Å². The second-order valence-electron chi connectivity index (χ2n) is 6.10. The van der Waals surface area contributed by atoms with Crippen LogP contribution in [0.4, 0.5) is 13.2 Å². The molecule has 0 fully saturated rings. The van der Waals surface area contributed by atoms with E-state index in [1.54, 1.807) is 19.3 Å². The van der Waals surface area contributed by atoms with Gasteiger partial charge in [0.2, 0.25) is 6.43 Å². The Hall–Kier alpha value is -2.91. The molecule has 1 atom stereocenters. The molecule has 182 valence electrons. The van der Waals surface area contributed by atoms with Crippen LogP contribution in [0.25, 0.3) is 5.57 Å². The molecular formula is C22H38F3N7. The average Bonchev–Trinajstić information content (AvgIpc) is 3.13. The van der Waals surface area contributed by atoms with Gasteiger partial charge in [0.05, 0.1) is 13.1 Å². The van der Waals surface area contributed by atoms with Gasteiger partial charge in [-0.2, -0.15) is 5.10 Å². The lowest BCUT2D eigenvalue weighted by Crippen LogP contribution is -2.24. The topological polar surface area (TPSA) is 84.7 Å². The monoisotopic (exact) mass is 457 g/mol. The Kier molecular flexibility index (Phi) is 19.6. The fraction of sp³-hybridized carbons (Fsp3) is 0.545. The van der Waals surface area contributed by atoms with Gasteiger partial charge < -0.3 is 10.6 Å². The van der Waals surface area contributed by atoms with Crippen molar-refractivity contribution < 1.29 is 13.2 Å². The Labute approximate surface area is 190 Å². The van der Waals surface area contributed by atoms with Crippen LogP contribution in [0, 0.1) is 6.92 Å². The van der Waals surface area contributed by atoms with E-state index in [4.69, 9.17) is 5.73 Å². The summed E-state index contributed by atoms with van der Waals surface area (Å²) in [7, 11) is 0. The van der Waals surface area contributed by atoms with Crippen molar-refractivity contribution in [2.45, 2.75) is 53.6 Å². The first kappa shape index (κ1) is 31.3. The standard InChI is InChI=1S/C16H25F2N7.C4H7F.C2H6/c1-4-20-6-9-24(8-5-19)10-7-21-12-25-16(22-14(3)23-25)13(2)11-15(17)18;1-3-4(2)5;1-2/h4-5,8,12,15H,2,6-7,9-11,19H2,1,3H3;3-4H,1H2,2H3;1-2H3/b8-5-,20-4?,21-12?;;. The molecule has 0 aliphatic carbocycles. The third-order valence-corrected chi connectivity index (χ3v) is 3.48. The normalized spacial score (nSPS) is 11.9. The van der Waals surface area contributed by atoms with Crippen LogP contribution in [0.1, 0.15) is 45.8 Å². The highest BCUT2D eigenvalue weighted by Gasteiger charge is 2.14. The van der Waals surface area contributed by atoms with Crippen LogP contribution >= 0.6 is 0 Å². The molecule has 1 rings (SSSR count). The summed E-state index contributed by atoms with van der Waals surface area (Å²) in [6.07, 6.45) is 3.94. The number of nitrogens with two attached hydrogens (primary N) is 1. The first-order valence-electron chi connectivity index (χ1n) is 10.5. The second-order valence-corrected chi connectivity index (χ2v) is 6.10. The summed E-state index contributed by atoms with van der Waals surface area (Å²) in [5, 5.41) is 4.14. The van der Waals surface area contributed by atoms with Gasteiger partial charge in [-0.25, -0.2) is 22.8 Å². The van der Waals surface area contributed by atoms with E-state index in [1.807, 2.05) is 25.7 Å². The molecule has 0 aliphatic rings. The predicted molar refractivity (Wildman–Crippen MR) is 129 cm³/mol. The first-order chi connectivity index (χ1) is 15.2. The van der Waals surface area contributed by atoms with Crippen molar-refractivity contribution >= 4 is 18.1 Å². The van der Waals surface area contributed by atoms with E-state index < -0.39 is 19.0 Å². The maximum Gasteiger partial charge on any atom is 0.242 e. The lowest BCUT2D eigenvalue weighted by atomic mass is 10.2. The quantitative estimate of drug-likeness (QED) is 0.284. The van der Waals surface area contributed by atoms with E-state index in [1.165, 1.54) is 30.2 Å². The number of allylic oxidation sites excluding steroid dienone is 2. The second kappa shape index (κ2) is 20.0. The van der Waals surface area contributed by atoms with Crippen molar-refractivity contribution in [1.29, 1.82) is 0 Å². The number of alkyl halides is 3. The van der Waals surface area contributed by atoms with Crippen LogP contribution in [0.5, 0.6) is 0 Å². The van der Waals surface area contributed by atoms with E-state index in [0.29, 0.717) is 31.3 Å². The van der Waals surface area contributed by atoms with Crippen LogP contribution in [-0.4, -0.2) is 71.0 Å². The molecule has 1 aromatic heterocycles. The molecule has 0 aliphatic heterocycles. The smallest absolute Gasteiger partial charge is 0.242 e. The number of hydrogen-bond acceptors (Lipinski definition) is 6. The average molecular weight is 458 g/mol. The zero-order valence-electron chi connectivity index (χ0n) is 19.9. The molecule has 1 heterocycles. The summed E-state index contributed by atoms with van der Waals surface area (Å²) >= 11 is 0. The third kappa shape index (κ3) is 15.9. The first-order valence-corrected chi connectivity index (χ1v) is 10.5. The molecule has 0 spiro atoms. The van der Waals surface area contributed by atoms with Gasteiger partial charge in [-0.1, -0.05) is 26.5 Å². The van der Waals surface area contributed by atoms with Crippen molar-refractivity contribution in [3.05, 3.63) is 43.3 Å². The van der Waals surface area contributed by atoms with E-state index >= 15 is 0 Å². The van der Waals surface area contributed by atoms with Gasteiger partial charge in [-0.3, -0.25) is 9.98 Å². The Balaban J connectivity index is 0. The highest BCUT2D eigenvalue weighted by Crippen LogP contribution is 2.17. The predicted octanol–water partition coefficient (Wildman–Crippen LogP) is 4.51. The fourth-order valence-corrected chi connectivity index (χ4v) is 2.05. The summed E-state index contributed by atoms with van der Waals surface area (Å²) in [4.78, 5) is 14.6. The number of hydrogen-bond donors (Lipinski definition) is 1. The number of halogens is 3. The zero-order chi connectivity index (χ0) is 24.9. The number of aryl methyl sites for hydroxylation is 1. The molecule has 1 unspecified atom stereocenters. The molecular weight excluding hydrogens is 419 g/mol. The molecule has 10 heteroatoms. The minimum atomic E-state index is -2.47. The van der Waals surface area contributed by atoms with Crippen molar-refractivity contribution in [2.75, 3.05) is 26.2 Å². The molecule has 2 N–H and O–H groups in total. The van der Waals surface area contributed by atoms with Crippen LogP contribution in [-0.2, 0) is 0 Å². The van der Waals surface area contributed by atoms with Crippen LogP contribution in [0.3, 0.4) is 0 Å². The number of aromatic nitrogens is 3. The molecule has 0 bridgehead atoms. The Bertz CT molecular complexity index is 710. The lowest BCUT2D eigenvalue weighted by Gasteiger charge is -2.17. The summed E-state index contributed by atoms with van der Waals surface area (Å²) in [6.45, 7) is 18.4. The molecule has 0 saturated carbocycles. The number of rotatable bonds is 12. The van der Waals surface area contributed by atoms with Crippen molar-refractivity contribution in [2.24, 2.45) is 15.7 Å². The zero-order valence-corrected chi connectivity index (χ0v) is 19.9. The highest BCUT2D eigenvalue weighted by molar-refractivity contribution is 5.67. The van der Waals surface area contributed by atoms with Crippen molar-refractivity contribution in [1.82, 2.24) is 19.7 Å². The Morgan fingerprint density at radius 3 is 2.25 bits per heavy atom. The SMILES string of the molecule is C=C(CC(F)F)c1nc(C)nn1C=NCCN(/C=C\N)CCN=CC.C=CC(C)F.CC. The van der Waals surface area contributed by atoms with E-state index in [2.05, 4.69) is 33.2 Å². The lowest BCUT2D eigenvalue weighted by molar-refractivity contribution is 0.155. The minimum absolute atomic E-state index is 0.229. The molecule has 0 saturated heterocycles. The fourth-order valence-electron chi connectivity index (χ4n) is 2.05. The summed E-state index contributed by atoms with van der Waals surface area (Å²) in [6, 6.07) is 0. The third-order valence-electron chi connectivity index (χ3n) is 3.48. The van der Waals surface area contributed by atoms with Gasteiger partial charge in [-0.05, 0) is 32.6 Å². The van der Waals surface area contributed by atoms with E-state index in [-0.39, 0.29) is 5.57 Å².